The SMILES string of the molecule is CC/C(=C\C=C/NC(C)=O)NC(=O)Nc1ccccc1. The lowest BCUT2D eigenvalue weighted by atomic mass is 10.3. The van der Waals surface area contributed by atoms with E-state index in [4.69, 9.17) is 0 Å². The Kier molecular flexibility index (Phi) is 6.61. The molecule has 0 heterocycles. The summed E-state index contributed by atoms with van der Waals surface area (Å²) < 4.78 is 0. The Morgan fingerprint density at radius 1 is 1.20 bits per heavy atom. The fourth-order valence-electron chi connectivity index (χ4n) is 1.41. The minimum absolute atomic E-state index is 0.137. The van der Waals surface area contributed by atoms with Gasteiger partial charge in [-0.1, -0.05) is 25.1 Å². The predicted octanol–water partition coefficient (Wildman–Crippen LogP) is 2.75. The summed E-state index contributed by atoms with van der Waals surface area (Å²) in [6.07, 6.45) is 5.60. The van der Waals surface area contributed by atoms with E-state index < -0.39 is 0 Å². The highest BCUT2D eigenvalue weighted by molar-refractivity contribution is 5.90. The molecular weight excluding hydrogens is 254 g/mol. The maximum Gasteiger partial charge on any atom is 0.323 e. The van der Waals surface area contributed by atoms with Crippen LogP contribution in [-0.2, 0) is 4.79 Å². The third-order valence-corrected chi connectivity index (χ3v) is 2.37. The summed E-state index contributed by atoms with van der Waals surface area (Å²) >= 11 is 0. The van der Waals surface area contributed by atoms with Crippen LogP contribution in [0.1, 0.15) is 20.3 Å². The Hall–Kier alpha value is -2.56. The van der Waals surface area contributed by atoms with Crippen LogP contribution in [0, 0.1) is 0 Å². The van der Waals surface area contributed by atoms with E-state index in [-0.39, 0.29) is 11.9 Å². The summed E-state index contributed by atoms with van der Waals surface area (Å²) in [5, 5.41) is 8.01. The van der Waals surface area contributed by atoms with Crippen LogP contribution in [0.2, 0.25) is 0 Å². The molecule has 0 bridgehead atoms. The van der Waals surface area contributed by atoms with E-state index in [1.54, 1.807) is 12.2 Å². The van der Waals surface area contributed by atoms with Gasteiger partial charge in [0, 0.05) is 24.5 Å². The number of anilines is 1. The lowest BCUT2D eigenvalue weighted by molar-refractivity contribution is -0.118. The number of benzene rings is 1. The van der Waals surface area contributed by atoms with Crippen LogP contribution >= 0.6 is 0 Å². The standard InChI is InChI=1S/C15H19N3O2/c1-3-13(10-7-11-16-12(2)19)17-15(20)18-14-8-5-4-6-9-14/h4-11H,3H2,1-2H3,(H,16,19)(H2,17,18,20)/b11-7-,13-10+. The van der Waals surface area contributed by atoms with Gasteiger partial charge in [0.1, 0.15) is 0 Å². The Morgan fingerprint density at radius 2 is 1.90 bits per heavy atom. The summed E-state index contributed by atoms with van der Waals surface area (Å²) in [6.45, 7) is 3.36. The molecule has 0 fully saturated rings. The fourth-order valence-corrected chi connectivity index (χ4v) is 1.41. The second kappa shape index (κ2) is 8.53. The molecule has 3 amide bonds. The molecule has 0 atom stereocenters. The number of urea groups is 1. The number of rotatable bonds is 5. The van der Waals surface area contributed by atoms with Crippen LogP contribution in [0.5, 0.6) is 0 Å². The molecule has 106 valence electrons. The zero-order valence-electron chi connectivity index (χ0n) is 11.6. The quantitative estimate of drug-likeness (QED) is 0.722. The predicted molar refractivity (Wildman–Crippen MR) is 79.9 cm³/mol. The van der Waals surface area contributed by atoms with Gasteiger partial charge in [-0.05, 0) is 30.7 Å². The zero-order chi connectivity index (χ0) is 14.8. The summed E-state index contributed by atoms with van der Waals surface area (Å²) in [7, 11) is 0. The lowest BCUT2D eigenvalue weighted by Crippen LogP contribution is -2.27. The van der Waals surface area contributed by atoms with Gasteiger partial charge < -0.3 is 16.0 Å². The number of hydrogen-bond donors (Lipinski definition) is 3. The van der Waals surface area contributed by atoms with Crippen molar-refractivity contribution in [2.24, 2.45) is 0 Å². The number of carbonyl (C=O) groups is 2. The van der Waals surface area contributed by atoms with E-state index in [0.29, 0.717) is 6.42 Å². The summed E-state index contributed by atoms with van der Waals surface area (Å²) in [4.78, 5) is 22.4. The van der Waals surface area contributed by atoms with Gasteiger partial charge in [-0.15, -0.1) is 0 Å². The van der Waals surface area contributed by atoms with Crippen molar-refractivity contribution in [2.75, 3.05) is 5.32 Å². The van der Waals surface area contributed by atoms with Crippen molar-refractivity contribution in [2.45, 2.75) is 20.3 Å². The highest BCUT2D eigenvalue weighted by Gasteiger charge is 2.02. The molecule has 0 aromatic heterocycles. The van der Waals surface area contributed by atoms with Crippen molar-refractivity contribution in [3.05, 3.63) is 54.4 Å². The van der Waals surface area contributed by atoms with Gasteiger partial charge in [0.05, 0.1) is 0 Å². The van der Waals surface area contributed by atoms with Crippen LogP contribution in [-0.4, -0.2) is 11.9 Å². The van der Waals surface area contributed by atoms with E-state index in [0.717, 1.165) is 11.4 Å². The summed E-state index contributed by atoms with van der Waals surface area (Å²) in [5.74, 6) is -0.137. The Morgan fingerprint density at radius 3 is 2.50 bits per heavy atom. The van der Waals surface area contributed by atoms with Crippen LogP contribution in [0.4, 0.5) is 10.5 Å². The molecule has 0 saturated heterocycles. The van der Waals surface area contributed by atoms with Crippen LogP contribution in [0.15, 0.2) is 54.4 Å². The molecule has 0 spiro atoms. The van der Waals surface area contributed by atoms with Crippen molar-refractivity contribution in [1.29, 1.82) is 0 Å². The minimum Gasteiger partial charge on any atom is -0.333 e. The van der Waals surface area contributed by atoms with Gasteiger partial charge >= 0.3 is 6.03 Å². The second-order valence-corrected chi connectivity index (χ2v) is 4.05. The van der Waals surface area contributed by atoms with E-state index in [1.165, 1.54) is 13.1 Å². The van der Waals surface area contributed by atoms with Gasteiger partial charge in [0.15, 0.2) is 0 Å². The molecule has 3 N–H and O–H groups in total. The minimum atomic E-state index is -0.294. The van der Waals surface area contributed by atoms with Crippen LogP contribution in [0.25, 0.3) is 0 Å². The van der Waals surface area contributed by atoms with Gasteiger partial charge in [0.2, 0.25) is 5.91 Å². The first kappa shape index (κ1) is 15.5. The summed E-state index contributed by atoms with van der Waals surface area (Å²) in [5.41, 5.74) is 1.48. The third-order valence-electron chi connectivity index (χ3n) is 2.37. The molecule has 0 saturated carbocycles. The van der Waals surface area contributed by atoms with Crippen LogP contribution in [0.3, 0.4) is 0 Å². The molecule has 0 radical (unpaired) electrons. The fraction of sp³-hybridized carbons (Fsp3) is 0.200. The highest BCUT2D eigenvalue weighted by atomic mass is 16.2. The lowest BCUT2D eigenvalue weighted by Gasteiger charge is -2.09. The number of carbonyl (C=O) groups excluding carboxylic acids is 2. The number of allylic oxidation sites excluding steroid dienone is 3. The molecule has 5 nitrogen and oxygen atoms in total. The van der Waals surface area contributed by atoms with Gasteiger partial charge in [-0.2, -0.15) is 0 Å². The van der Waals surface area contributed by atoms with Gasteiger partial charge in [-0.25, -0.2) is 4.79 Å². The molecule has 5 heteroatoms. The topological polar surface area (TPSA) is 70.2 Å². The number of amides is 3. The van der Waals surface area contributed by atoms with Crippen LogP contribution < -0.4 is 16.0 Å². The molecule has 0 aliphatic carbocycles. The molecule has 0 aliphatic rings. The van der Waals surface area contributed by atoms with Crippen molar-refractivity contribution < 1.29 is 9.59 Å². The largest absolute Gasteiger partial charge is 0.333 e. The zero-order valence-corrected chi connectivity index (χ0v) is 11.6. The molecular formula is C15H19N3O2. The number of hydrogen-bond acceptors (Lipinski definition) is 2. The van der Waals surface area contributed by atoms with E-state index in [9.17, 15) is 9.59 Å². The monoisotopic (exact) mass is 273 g/mol. The molecule has 1 rings (SSSR count). The second-order valence-electron chi connectivity index (χ2n) is 4.05. The first-order valence-corrected chi connectivity index (χ1v) is 6.37. The Balaban J connectivity index is 2.51. The third kappa shape index (κ3) is 6.39. The summed E-state index contributed by atoms with van der Waals surface area (Å²) in [6, 6.07) is 8.91. The average molecular weight is 273 g/mol. The van der Waals surface area contributed by atoms with Gasteiger partial charge in [0.25, 0.3) is 0 Å². The van der Waals surface area contributed by atoms with Crippen molar-refractivity contribution in [1.82, 2.24) is 10.6 Å². The van der Waals surface area contributed by atoms with Crippen molar-refractivity contribution in [3.8, 4) is 0 Å². The first-order chi connectivity index (χ1) is 9.61. The van der Waals surface area contributed by atoms with Gasteiger partial charge in [-0.3, -0.25) is 4.79 Å². The van der Waals surface area contributed by atoms with Crippen molar-refractivity contribution >= 4 is 17.6 Å². The first-order valence-electron chi connectivity index (χ1n) is 6.37. The van der Waals surface area contributed by atoms with E-state index in [1.807, 2.05) is 37.3 Å². The number of para-hydroxylation sites is 1. The Labute approximate surface area is 118 Å². The highest BCUT2D eigenvalue weighted by Crippen LogP contribution is 2.05. The average Bonchev–Trinajstić information content (AvgIpc) is 2.43. The maximum atomic E-state index is 11.8. The molecule has 20 heavy (non-hydrogen) atoms. The van der Waals surface area contributed by atoms with E-state index in [2.05, 4.69) is 16.0 Å². The molecule has 1 aromatic carbocycles. The molecule has 1 aromatic rings. The van der Waals surface area contributed by atoms with Crippen molar-refractivity contribution in [3.63, 3.8) is 0 Å². The van der Waals surface area contributed by atoms with E-state index >= 15 is 0 Å². The normalized spacial score (nSPS) is 11.2. The number of nitrogens with one attached hydrogen (secondary N) is 3. The molecule has 0 unspecified atom stereocenters. The maximum absolute atomic E-state index is 11.8. The smallest absolute Gasteiger partial charge is 0.323 e. The molecule has 0 aliphatic heterocycles. The Bertz CT molecular complexity index is 507.